The molecule has 0 bridgehead atoms. The van der Waals surface area contributed by atoms with Crippen LogP contribution in [0, 0.1) is 5.82 Å². The van der Waals surface area contributed by atoms with Gasteiger partial charge in [0.15, 0.2) is 0 Å². The second-order valence-corrected chi connectivity index (χ2v) is 11.0. The SMILES string of the molecule is CCN1C(=O)[C@@H](CNc2cccc(C(=O)NCCCN3CCCC3)c2)S/C1=C(/N)C(=O)NCc1ccc(F)cc1. The summed E-state index contributed by atoms with van der Waals surface area (Å²) in [6, 6.07) is 13.0. The number of nitrogens with zero attached hydrogens (tertiary/aromatic N) is 2. The third-order valence-electron chi connectivity index (χ3n) is 6.95. The summed E-state index contributed by atoms with van der Waals surface area (Å²) in [5.74, 6) is -1.12. The van der Waals surface area contributed by atoms with E-state index >= 15 is 0 Å². The van der Waals surface area contributed by atoms with Gasteiger partial charge in [0.1, 0.15) is 21.8 Å². The van der Waals surface area contributed by atoms with Crippen LogP contribution in [0.3, 0.4) is 0 Å². The maximum Gasteiger partial charge on any atom is 0.270 e. The van der Waals surface area contributed by atoms with Crippen molar-refractivity contribution in [1.29, 1.82) is 0 Å². The van der Waals surface area contributed by atoms with Crippen molar-refractivity contribution in [3.8, 4) is 0 Å². The summed E-state index contributed by atoms with van der Waals surface area (Å²) in [5, 5.41) is 8.89. The molecule has 0 aromatic heterocycles. The molecule has 40 heavy (non-hydrogen) atoms. The summed E-state index contributed by atoms with van der Waals surface area (Å²) in [7, 11) is 0. The summed E-state index contributed by atoms with van der Waals surface area (Å²) in [6.07, 6.45) is 3.43. The molecular formula is C29H37FN6O3S. The van der Waals surface area contributed by atoms with Crippen molar-refractivity contribution in [1.82, 2.24) is 20.4 Å². The van der Waals surface area contributed by atoms with Crippen molar-refractivity contribution in [2.45, 2.75) is 38.0 Å². The van der Waals surface area contributed by atoms with Crippen LogP contribution in [-0.2, 0) is 16.1 Å². The van der Waals surface area contributed by atoms with Crippen LogP contribution in [0.1, 0.15) is 42.1 Å². The van der Waals surface area contributed by atoms with E-state index in [0.29, 0.717) is 30.2 Å². The van der Waals surface area contributed by atoms with Gasteiger partial charge in [0.05, 0.1) is 0 Å². The molecule has 2 aliphatic heterocycles. The molecule has 2 heterocycles. The van der Waals surface area contributed by atoms with Crippen LogP contribution in [0.25, 0.3) is 0 Å². The number of carbonyl (C=O) groups is 3. The van der Waals surface area contributed by atoms with Gasteiger partial charge in [-0.1, -0.05) is 30.0 Å². The van der Waals surface area contributed by atoms with Gasteiger partial charge in [-0.3, -0.25) is 14.4 Å². The predicted octanol–water partition coefficient (Wildman–Crippen LogP) is 2.86. The molecule has 0 unspecified atom stereocenters. The minimum Gasteiger partial charge on any atom is -0.392 e. The number of hydrogen-bond donors (Lipinski definition) is 4. The van der Waals surface area contributed by atoms with E-state index in [1.54, 1.807) is 30.3 Å². The average Bonchev–Trinajstić information content (AvgIpc) is 3.60. The minimum atomic E-state index is -0.495. The lowest BCUT2D eigenvalue weighted by Gasteiger charge is -2.16. The number of halogens is 1. The van der Waals surface area contributed by atoms with Gasteiger partial charge < -0.3 is 31.5 Å². The van der Waals surface area contributed by atoms with E-state index in [1.165, 1.54) is 41.6 Å². The number of amides is 3. The molecule has 2 fully saturated rings. The number of nitrogens with two attached hydrogens (primary N) is 1. The highest BCUT2D eigenvalue weighted by atomic mass is 32.2. The van der Waals surface area contributed by atoms with Crippen LogP contribution in [0.4, 0.5) is 10.1 Å². The van der Waals surface area contributed by atoms with Crippen LogP contribution in [-0.4, -0.2) is 72.0 Å². The second-order valence-electron chi connectivity index (χ2n) is 9.84. The van der Waals surface area contributed by atoms with Crippen molar-refractivity contribution in [3.05, 3.63) is 76.2 Å². The summed E-state index contributed by atoms with van der Waals surface area (Å²) in [4.78, 5) is 42.3. The fraction of sp³-hybridized carbons (Fsp3) is 0.414. The zero-order valence-electron chi connectivity index (χ0n) is 22.7. The van der Waals surface area contributed by atoms with E-state index in [4.69, 9.17) is 5.73 Å². The summed E-state index contributed by atoms with van der Waals surface area (Å²) >= 11 is 1.24. The van der Waals surface area contributed by atoms with E-state index in [-0.39, 0.29) is 29.9 Å². The van der Waals surface area contributed by atoms with Gasteiger partial charge in [-0.25, -0.2) is 4.39 Å². The Labute approximate surface area is 238 Å². The number of carbonyl (C=O) groups excluding carboxylic acids is 3. The van der Waals surface area contributed by atoms with Gasteiger partial charge in [0.2, 0.25) is 5.91 Å². The molecule has 4 rings (SSSR count). The van der Waals surface area contributed by atoms with Crippen molar-refractivity contribution >= 4 is 35.2 Å². The van der Waals surface area contributed by atoms with Gasteiger partial charge in [0.25, 0.3) is 11.8 Å². The number of benzene rings is 2. The number of rotatable bonds is 12. The first-order chi connectivity index (χ1) is 19.4. The molecular weight excluding hydrogens is 531 g/mol. The number of anilines is 1. The maximum absolute atomic E-state index is 13.1. The van der Waals surface area contributed by atoms with Crippen molar-refractivity contribution < 1.29 is 18.8 Å². The molecule has 2 saturated heterocycles. The third kappa shape index (κ3) is 7.76. The molecule has 2 aliphatic rings. The summed E-state index contributed by atoms with van der Waals surface area (Å²) < 4.78 is 13.1. The maximum atomic E-state index is 13.1. The van der Waals surface area contributed by atoms with Gasteiger partial charge in [-0.05, 0) is 81.7 Å². The van der Waals surface area contributed by atoms with Gasteiger partial charge in [-0.2, -0.15) is 0 Å². The summed E-state index contributed by atoms with van der Waals surface area (Å²) in [6.45, 7) is 6.60. The zero-order chi connectivity index (χ0) is 28.5. The monoisotopic (exact) mass is 568 g/mol. The molecule has 214 valence electrons. The highest BCUT2D eigenvalue weighted by molar-refractivity contribution is 8.04. The smallest absolute Gasteiger partial charge is 0.270 e. The predicted molar refractivity (Wildman–Crippen MR) is 156 cm³/mol. The fourth-order valence-electron chi connectivity index (χ4n) is 4.73. The first-order valence-corrected chi connectivity index (χ1v) is 14.6. The number of thioether (sulfide) groups is 1. The van der Waals surface area contributed by atoms with Crippen LogP contribution >= 0.6 is 11.8 Å². The van der Waals surface area contributed by atoms with E-state index in [2.05, 4.69) is 20.9 Å². The third-order valence-corrected chi connectivity index (χ3v) is 8.27. The van der Waals surface area contributed by atoms with Crippen molar-refractivity contribution in [2.75, 3.05) is 44.6 Å². The topological polar surface area (TPSA) is 120 Å². The lowest BCUT2D eigenvalue weighted by molar-refractivity contribution is -0.127. The molecule has 3 amide bonds. The molecule has 2 aromatic rings. The van der Waals surface area contributed by atoms with Crippen LogP contribution in [0.15, 0.2) is 59.3 Å². The Morgan fingerprint density at radius 3 is 2.58 bits per heavy atom. The van der Waals surface area contributed by atoms with Crippen LogP contribution in [0.2, 0.25) is 0 Å². The first-order valence-electron chi connectivity index (χ1n) is 13.7. The van der Waals surface area contributed by atoms with E-state index in [9.17, 15) is 18.8 Å². The Bertz CT molecular complexity index is 1230. The number of nitrogens with one attached hydrogen (secondary N) is 3. The Morgan fingerprint density at radius 2 is 1.85 bits per heavy atom. The number of hydrogen-bond acceptors (Lipinski definition) is 7. The zero-order valence-corrected chi connectivity index (χ0v) is 23.6. The van der Waals surface area contributed by atoms with Crippen LogP contribution in [0.5, 0.6) is 0 Å². The largest absolute Gasteiger partial charge is 0.392 e. The fourth-order valence-corrected chi connectivity index (χ4v) is 5.96. The molecule has 0 radical (unpaired) electrons. The molecule has 1 atom stereocenters. The Morgan fingerprint density at radius 1 is 1.10 bits per heavy atom. The molecule has 5 N–H and O–H groups in total. The number of likely N-dealkylation sites (tertiary alicyclic amines) is 1. The van der Waals surface area contributed by atoms with E-state index in [1.807, 2.05) is 13.0 Å². The Balaban J connectivity index is 1.29. The average molecular weight is 569 g/mol. The lowest BCUT2D eigenvalue weighted by atomic mass is 10.2. The molecule has 0 saturated carbocycles. The highest BCUT2D eigenvalue weighted by Crippen LogP contribution is 2.36. The molecule has 0 spiro atoms. The quantitative estimate of drug-likeness (QED) is 0.230. The van der Waals surface area contributed by atoms with Crippen LogP contribution < -0.4 is 21.7 Å². The minimum absolute atomic E-state index is 0.0341. The lowest BCUT2D eigenvalue weighted by Crippen LogP contribution is -2.35. The second kappa shape index (κ2) is 14.2. The normalized spacial score (nSPS) is 18.6. The van der Waals surface area contributed by atoms with Gasteiger partial charge >= 0.3 is 0 Å². The standard InChI is InChI=1S/C29H37FN6O3S/c1-2-36-28(39)24(40-29(36)25(31)27(38)34-18-20-9-11-22(30)12-10-20)19-33-23-8-5-7-21(17-23)26(37)32-13-6-16-35-14-3-4-15-35/h5,7-12,17,24,33H,2-4,6,13-16,18-19,31H2,1H3,(H,32,37)(H,34,38)/b29-25+/t24-/m1/s1. The molecule has 2 aromatic carbocycles. The first kappa shape index (κ1) is 29.4. The Kier molecular flexibility index (Phi) is 10.4. The van der Waals surface area contributed by atoms with Crippen molar-refractivity contribution in [3.63, 3.8) is 0 Å². The van der Waals surface area contributed by atoms with E-state index < -0.39 is 11.2 Å². The summed E-state index contributed by atoms with van der Waals surface area (Å²) in [5.41, 5.74) is 8.15. The highest BCUT2D eigenvalue weighted by Gasteiger charge is 2.38. The van der Waals surface area contributed by atoms with Gasteiger partial charge in [0, 0.05) is 37.4 Å². The molecule has 9 nitrogen and oxygen atoms in total. The van der Waals surface area contributed by atoms with Gasteiger partial charge in [-0.15, -0.1) is 0 Å². The van der Waals surface area contributed by atoms with Crippen molar-refractivity contribution in [2.24, 2.45) is 5.73 Å². The molecule has 11 heteroatoms. The van der Waals surface area contributed by atoms with E-state index in [0.717, 1.165) is 37.3 Å². The molecule has 0 aliphatic carbocycles. The Hall–Kier alpha value is -3.57.